The molecule has 0 bridgehead atoms. The molecule has 1 aromatic carbocycles. The third kappa shape index (κ3) is 3.98. The van der Waals surface area contributed by atoms with E-state index < -0.39 is 0 Å². The lowest BCUT2D eigenvalue weighted by atomic mass is 9.95. The molecule has 0 radical (unpaired) electrons. The van der Waals surface area contributed by atoms with Crippen molar-refractivity contribution in [3.8, 4) is 0 Å². The number of hydrogen-bond acceptors (Lipinski definition) is 4. The monoisotopic (exact) mass is 399 g/mol. The van der Waals surface area contributed by atoms with E-state index >= 15 is 0 Å². The quantitative estimate of drug-likeness (QED) is 0.843. The fourth-order valence-corrected chi connectivity index (χ4v) is 5.28. The fraction of sp³-hybridized carbons (Fsp3) is 0.545. The van der Waals surface area contributed by atoms with Gasteiger partial charge in [-0.25, -0.2) is 0 Å². The molecule has 2 aliphatic heterocycles. The largest absolute Gasteiger partial charge is 0.336 e. The van der Waals surface area contributed by atoms with Gasteiger partial charge in [-0.1, -0.05) is 20.8 Å². The van der Waals surface area contributed by atoms with Gasteiger partial charge >= 0.3 is 0 Å². The zero-order valence-electron chi connectivity index (χ0n) is 17.0. The van der Waals surface area contributed by atoms with Crippen molar-refractivity contribution in [1.29, 1.82) is 0 Å². The van der Waals surface area contributed by atoms with Crippen molar-refractivity contribution in [2.24, 2.45) is 5.41 Å². The summed E-state index contributed by atoms with van der Waals surface area (Å²) >= 11 is 1.80. The molecule has 1 aromatic heterocycles. The summed E-state index contributed by atoms with van der Waals surface area (Å²) < 4.78 is 0. The molecule has 0 spiro atoms. The summed E-state index contributed by atoms with van der Waals surface area (Å²) in [4.78, 5) is 32.8. The molecule has 0 unspecified atom stereocenters. The van der Waals surface area contributed by atoms with E-state index in [-0.39, 0.29) is 16.9 Å². The first-order valence-corrected chi connectivity index (χ1v) is 11.2. The minimum absolute atomic E-state index is 0.0174. The van der Waals surface area contributed by atoms with Gasteiger partial charge in [0, 0.05) is 60.5 Å². The number of hydrogen-bond donors (Lipinski definition) is 1. The zero-order chi connectivity index (χ0) is 19.9. The molecule has 1 amide bonds. The predicted octanol–water partition coefficient (Wildman–Crippen LogP) is 3.12. The van der Waals surface area contributed by atoms with Gasteiger partial charge in [-0.2, -0.15) is 11.8 Å². The van der Waals surface area contributed by atoms with Crippen molar-refractivity contribution in [2.75, 3.05) is 38.5 Å². The number of carbonyl (C=O) groups excluding carboxylic acids is 1. The number of amides is 1. The molecule has 3 heterocycles. The van der Waals surface area contributed by atoms with Gasteiger partial charge in [0.15, 0.2) is 0 Å². The van der Waals surface area contributed by atoms with Crippen LogP contribution in [0.25, 0.3) is 10.9 Å². The van der Waals surface area contributed by atoms with Gasteiger partial charge in [-0.05, 0) is 41.4 Å². The van der Waals surface area contributed by atoms with Crippen molar-refractivity contribution in [2.45, 2.75) is 32.9 Å². The summed E-state index contributed by atoms with van der Waals surface area (Å²) in [5.41, 5.74) is 3.86. The van der Waals surface area contributed by atoms with Crippen molar-refractivity contribution >= 4 is 28.6 Å². The van der Waals surface area contributed by atoms with Crippen LogP contribution < -0.4 is 5.56 Å². The minimum Gasteiger partial charge on any atom is -0.336 e. The molecule has 1 N–H and O–H groups in total. The van der Waals surface area contributed by atoms with Gasteiger partial charge in [0.1, 0.15) is 0 Å². The van der Waals surface area contributed by atoms with E-state index in [2.05, 4.69) is 30.7 Å². The summed E-state index contributed by atoms with van der Waals surface area (Å²) in [7, 11) is 0. The van der Waals surface area contributed by atoms with E-state index in [1.807, 2.05) is 23.1 Å². The topological polar surface area (TPSA) is 56.4 Å². The lowest BCUT2D eigenvalue weighted by molar-refractivity contribution is 0.0592. The summed E-state index contributed by atoms with van der Waals surface area (Å²) in [6.45, 7) is 11.2. The smallest absolute Gasteiger partial charge is 0.253 e. The standard InChI is InChI=1S/C22H29N3O2S/c1-22(2,3)14-24-7-9-25(10-8-24)21(27)15-4-5-19-17(12-15)16-6-11-28-13-18(16)20(26)23-19/h4-5,12H,6-11,13-14H2,1-3H3,(H,23,26). The molecule has 1 saturated heterocycles. The molecule has 0 saturated carbocycles. The van der Waals surface area contributed by atoms with Crippen LogP contribution in [0.4, 0.5) is 0 Å². The molecule has 6 heteroatoms. The molecule has 4 rings (SSSR count). The first-order chi connectivity index (χ1) is 13.3. The van der Waals surface area contributed by atoms with Crippen molar-refractivity contribution in [3.05, 3.63) is 45.2 Å². The lowest BCUT2D eigenvalue weighted by Crippen LogP contribution is -2.50. The number of pyridine rings is 1. The summed E-state index contributed by atoms with van der Waals surface area (Å²) in [6, 6.07) is 5.73. The van der Waals surface area contributed by atoms with E-state index in [1.165, 1.54) is 0 Å². The maximum atomic E-state index is 13.1. The van der Waals surface area contributed by atoms with Crippen LogP contribution in [-0.2, 0) is 12.2 Å². The van der Waals surface area contributed by atoms with Crippen LogP contribution in [0, 0.1) is 5.41 Å². The van der Waals surface area contributed by atoms with E-state index in [4.69, 9.17) is 0 Å². The van der Waals surface area contributed by atoms with Gasteiger partial charge in [0.05, 0.1) is 0 Å². The Kier molecular flexibility index (Phi) is 5.27. The Hall–Kier alpha value is -1.79. The second-order valence-corrected chi connectivity index (χ2v) is 10.2. The second-order valence-electron chi connectivity index (χ2n) is 9.10. The second kappa shape index (κ2) is 7.56. The Morgan fingerprint density at radius 1 is 1.14 bits per heavy atom. The highest BCUT2D eigenvalue weighted by Gasteiger charge is 2.25. The third-order valence-corrected chi connectivity index (χ3v) is 6.56. The molecule has 28 heavy (non-hydrogen) atoms. The van der Waals surface area contributed by atoms with Crippen LogP contribution >= 0.6 is 11.8 Å². The van der Waals surface area contributed by atoms with Crippen LogP contribution in [-0.4, -0.2) is 59.2 Å². The maximum Gasteiger partial charge on any atom is 0.253 e. The highest BCUT2D eigenvalue weighted by atomic mass is 32.2. The van der Waals surface area contributed by atoms with Gasteiger partial charge in [0.25, 0.3) is 11.5 Å². The number of rotatable bonds is 2. The summed E-state index contributed by atoms with van der Waals surface area (Å²) in [6.07, 6.45) is 0.892. The van der Waals surface area contributed by atoms with Crippen LogP contribution in [0.2, 0.25) is 0 Å². The molecule has 0 atom stereocenters. The lowest BCUT2D eigenvalue weighted by Gasteiger charge is -2.37. The zero-order valence-corrected chi connectivity index (χ0v) is 17.8. The summed E-state index contributed by atoms with van der Waals surface area (Å²) in [5, 5.41) is 1.03. The Morgan fingerprint density at radius 3 is 2.61 bits per heavy atom. The normalized spacial score (nSPS) is 18.3. The number of aryl methyl sites for hydroxylation is 1. The van der Waals surface area contributed by atoms with Crippen molar-refractivity contribution in [3.63, 3.8) is 0 Å². The highest BCUT2D eigenvalue weighted by molar-refractivity contribution is 7.98. The fourth-order valence-electron chi connectivity index (χ4n) is 4.28. The Labute approximate surface area is 170 Å². The number of fused-ring (bicyclic) bond motifs is 3. The van der Waals surface area contributed by atoms with Crippen LogP contribution in [0.5, 0.6) is 0 Å². The average molecular weight is 400 g/mol. The Bertz CT molecular complexity index is 953. The van der Waals surface area contributed by atoms with Gasteiger partial charge in [-0.3, -0.25) is 14.5 Å². The average Bonchev–Trinajstić information content (AvgIpc) is 2.67. The Morgan fingerprint density at radius 2 is 1.89 bits per heavy atom. The maximum absolute atomic E-state index is 13.1. The van der Waals surface area contributed by atoms with E-state index in [1.54, 1.807) is 11.8 Å². The molecule has 2 aromatic rings. The predicted molar refractivity (Wildman–Crippen MR) is 116 cm³/mol. The number of aromatic nitrogens is 1. The number of H-pyrrole nitrogens is 1. The molecular formula is C22H29N3O2S. The van der Waals surface area contributed by atoms with Gasteiger partial charge < -0.3 is 9.88 Å². The van der Waals surface area contributed by atoms with E-state index in [0.717, 1.165) is 78.2 Å². The van der Waals surface area contributed by atoms with Crippen LogP contribution in [0.1, 0.15) is 42.3 Å². The first-order valence-electron chi connectivity index (χ1n) is 10.1. The van der Waals surface area contributed by atoms with Gasteiger partial charge in [-0.15, -0.1) is 0 Å². The van der Waals surface area contributed by atoms with Crippen LogP contribution in [0.15, 0.2) is 23.0 Å². The molecule has 1 fully saturated rings. The highest BCUT2D eigenvalue weighted by Crippen LogP contribution is 2.28. The van der Waals surface area contributed by atoms with Crippen LogP contribution in [0.3, 0.4) is 0 Å². The molecule has 2 aliphatic rings. The van der Waals surface area contributed by atoms with Crippen molar-refractivity contribution in [1.82, 2.24) is 14.8 Å². The number of carbonyl (C=O) groups is 1. The number of thioether (sulfide) groups is 1. The number of nitrogens with zero attached hydrogens (tertiary/aromatic N) is 2. The number of benzene rings is 1. The van der Waals surface area contributed by atoms with Gasteiger partial charge in [0.2, 0.25) is 0 Å². The third-order valence-electron chi connectivity index (χ3n) is 5.58. The Balaban J connectivity index is 1.55. The molecule has 150 valence electrons. The SMILES string of the molecule is CC(C)(C)CN1CCN(C(=O)c2ccc3[nH]c(=O)c4c(c3c2)CCSC4)CC1. The van der Waals surface area contributed by atoms with E-state index in [0.29, 0.717) is 0 Å². The molecule has 5 nitrogen and oxygen atoms in total. The number of nitrogens with one attached hydrogen (secondary N) is 1. The molecular weight excluding hydrogens is 370 g/mol. The minimum atomic E-state index is 0.0174. The van der Waals surface area contributed by atoms with Crippen molar-refractivity contribution < 1.29 is 4.79 Å². The molecule has 0 aliphatic carbocycles. The van der Waals surface area contributed by atoms with E-state index in [9.17, 15) is 9.59 Å². The number of piperazine rings is 1. The summed E-state index contributed by atoms with van der Waals surface area (Å²) in [5.74, 6) is 1.89. The first kappa shape index (κ1) is 19.5. The number of aromatic amines is 1.